The summed E-state index contributed by atoms with van der Waals surface area (Å²) < 4.78 is 26.4. The molecule has 0 bridgehead atoms. The molecule has 0 spiro atoms. The molecule has 2 aromatic carbocycles. The second-order valence-electron chi connectivity index (χ2n) is 6.16. The number of hydrogen-bond acceptors (Lipinski definition) is 5. The summed E-state index contributed by atoms with van der Waals surface area (Å²) >= 11 is 0. The van der Waals surface area contributed by atoms with E-state index in [0.717, 1.165) is 11.1 Å². The van der Waals surface area contributed by atoms with Gasteiger partial charge in [-0.1, -0.05) is 48.0 Å². The first-order chi connectivity index (χ1) is 13.0. The molecule has 1 atom stereocenters. The van der Waals surface area contributed by atoms with E-state index in [9.17, 15) is 8.42 Å². The molecule has 5 nitrogen and oxygen atoms in total. The fourth-order valence-electron chi connectivity index (χ4n) is 2.73. The maximum atomic E-state index is 13.2. The predicted octanol–water partition coefficient (Wildman–Crippen LogP) is 3.78. The van der Waals surface area contributed by atoms with Crippen molar-refractivity contribution in [2.24, 2.45) is 0 Å². The summed E-state index contributed by atoms with van der Waals surface area (Å²) in [7, 11) is -3.70. The van der Waals surface area contributed by atoms with Crippen molar-refractivity contribution >= 4 is 9.84 Å². The number of nitrogens with zero attached hydrogens (tertiary/aromatic N) is 3. The summed E-state index contributed by atoms with van der Waals surface area (Å²) in [6, 6.07) is 16.2. The Morgan fingerprint density at radius 2 is 1.78 bits per heavy atom. The van der Waals surface area contributed by atoms with Crippen molar-refractivity contribution in [3.05, 3.63) is 72.2 Å². The van der Waals surface area contributed by atoms with E-state index >= 15 is 0 Å². The van der Waals surface area contributed by atoms with Gasteiger partial charge in [-0.2, -0.15) is 5.10 Å². The maximum absolute atomic E-state index is 13.2. The van der Waals surface area contributed by atoms with Crippen LogP contribution >= 0.6 is 0 Å². The minimum atomic E-state index is -3.70. The van der Waals surface area contributed by atoms with Crippen molar-refractivity contribution in [1.29, 1.82) is 0 Å². The molecule has 0 saturated heterocycles. The van der Waals surface area contributed by atoms with Gasteiger partial charge in [0.15, 0.2) is 15.7 Å². The molecule has 0 aliphatic heterocycles. The lowest BCUT2D eigenvalue weighted by Gasteiger charge is -2.16. The van der Waals surface area contributed by atoms with Gasteiger partial charge in [0.05, 0.1) is 16.8 Å². The Hall–Kier alpha value is -3.04. The highest BCUT2D eigenvalue weighted by molar-refractivity contribution is 7.91. The standard InChI is InChI=1S/C21H19N3O2S/c1-3-4-10-20(27(25,26)18-13-11-16(2)12-14-18)21-23-19(15-22-24-21)17-8-6-5-7-9-17/h1,5-9,11-15,20H,4,10H2,2H3. The first-order valence-electron chi connectivity index (χ1n) is 8.51. The molecule has 0 amide bonds. The number of rotatable bonds is 6. The van der Waals surface area contributed by atoms with Gasteiger partial charge in [-0.3, -0.25) is 0 Å². The van der Waals surface area contributed by atoms with Crippen LogP contribution in [0.5, 0.6) is 0 Å². The summed E-state index contributed by atoms with van der Waals surface area (Å²) in [6.45, 7) is 1.91. The molecule has 1 aromatic heterocycles. The van der Waals surface area contributed by atoms with Crippen LogP contribution in [0.2, 0.25) is 0 Å². The highest BCUT2D eigenvalue weighted by Crippen LogP contribution is 2.31. The molecule has 0 fully saturated rings. The van der Waals surface area contributed by atoms with Crippen molar-refractivity contribution < 1.29 is 8.42 Å². The average Bonchev–Trinajstić information content (AvgIpc) is 2.69. The molecule has 1 unspecified atom stereocenters. The fraction of sp³-hybridized carbons (Fsp3) is 0.190. The number of sulfone groups is 1. The monoisotopic (exact) mass is 377 g/mol. The molecule has 0 saturated carbocycles. The van der Waals surface area contributed by atoms with E-state index in [1.165, 1.54) is 6.20 Å². The number of hydrogen-bond donors (Lipinski definition) is 0. The van der Waals surface area contributed by atoms with Gasteiger partial charge in [0.25, 0.3) is 0 Å². The molecule has 27 heavy (non-hydrogen) atoms. The zero-order valence-electron chi connectivity index (χ0n) is 14.9. The number of benzene rings is 2. The van der Waals surface area contributed by atoms with E-state index in [0.29, 0.717) is 12.1 Å². The Kier molecular flexibility index (Phi) is 5.63. The normalized spacial score (nSPS) is 12.3. The zero-order chi connectivity index (χ0) is 19.3. The second-order valence-corrected chi connectivity index (χ2v) is 8.29. The van der Waals surface area contributed by atoms with Crippen LogP contribution in [0.3, 0.4) is 0 Å². The van der Waals surface area contributed by atoms with Gasteiger partial charge in [0.1, 0.15) is 5.25 Å². The largest absolute Gasteiger partial charge is 0.228 e. The van der Waals surface area contributed by atoms with Crippen LogP contribution in [0, 0.1) is 19.3 Å². The molecule has 3 aromatic rings. The summed E-state index contributed by atoms with van der Waals surface area (Å²) in [4.78, 5) is 4.71. The third-order valence-electron chi connectivity index (χ3n) is 4.21. The van der Waals surface area contributed by atoms with Crippen LogP contribution in [0.4, 0.5) is 0 Å². The fourth-order valence-corrected chi connectivity index (χ4v) is 4.38. The average molecular weight is 377 g/mol. The van der Waals surface area contributed by atoms with Crippen LogP contribution in [0.25, 0.3) is 11.3 Å². The molecule has 3 rings (SSSR count). The summed E-state index contributed by atoms with van der Waals surface area (Å²) in [6.07, 6.45) is 7.43. The van der Waals surface area contributed by atoms with Gasteiger partial charge >= 0.3 is 0 Å². The topological polar surface area (TPSA) is 72.8 Å². The third-order valence-corrected chi connectivity index (χ3v) is 6.33. The number of terminal acetylenes is 1. The Bertz CT molecular complexity index is 1060. The molecular weight excluding hydrogens is 358 g/mol. The first kappa shape index (κ1) is 18.7. The van der Waals surface area contributed by atoms with Crippen molar-refractivity contribution in [2.45, 2.75) is 29.9 Å². The van der Waals surface area contributed by atoms with Crippen molar-refractivity contribution in [3.63, 3.8) is 0 Å². The molecule has 6 heteroatoms. The molecule has 1 heterocycles. The molecule has 136 valence electrons. The Labute approximate surface area is 159 Å². The molecule has 0 aliphatic carbocycles. The lowest BCUT2D eigenvalue weighted by molar-refractivity contribution is 0.569. The second kappa shape index (κ2) is 8.11. The maximum Gasteiger partial charge on any atom is 0.188 e. The van der Waals surface area contributed by atoms with E-state index in [1.54, 1.807) is 24.3 Å². The van der Waals surface area contributed by atoms with Crippen LogP contribution < -0.4 is 0 Å². The smallest absolute Gasteiger partial charge is 0.188 e. The van der Waals surface area contributed by atoms with Crippen molar-refractivity contribution in [3.8, 4) is 23.6 Å². The van der Waals surface area contributed by atoms with Gasteiger partial charge in [0.2, 0.25) is 0 Å². The number of aromatic nitrogens is 3. The van der Waals surface area contributed by atoms with Gasteiger partial charge in [-0.25, -0.2) is 13.4 Å². The van der Waals surface area contributed by atoms with Gasteiger partial charge in [0, 0.05) is 12.0 Å². The van der Waals surface area contributed by atoms with E-state index in [2.05, 4.69) is 21.1 Å². The molecule has 0 aliphatic rings. The Balaban J connectivity index is 2.05. The summed E-state index contributed by atoms with van der Waals surface area (Å²) in [5.41, 5.74) is 2.40. The molecule has 0 N–H and O–H groups in total. The van der Waals surface area contributed by atoms with Gasteiger partial charge in [-0.05, 0) is 25.5 Å². The van der Waals surface area contributed by atoms with E-state index < -0.39 is 15.1 Å². The van der Waals surface area contributed by atoms with E-state index in [4.69, 9.17) is 6.42 Å². The Morgan fingerprint density at radius 1 is 1.07 bits per heavy atom. The molecular formula is C21H19N3O2S. The van der Waals surface area contributed by atoms with Crippen molar-refractivity contribution in [2.75, 3.05) is 0 Å². The quantitative estimate of drug-likeness (QED) is 0.611. The Morgan fingerprint density at radius 3 is 2.44 bits per heavy atom. The lowest BCUT2D eigenvalue weighted by atomic mass is 10.1. The van der Waals surface area contributed by atoms with Gasteiger partial charge < -0.3 is 0 Å². The summed E-state index contributed by atoms with van der Waals surface area (Å²) in [5, 5.41) is 7.05. The minimum Gasteiger partial charge on any atom is -0.228 e. The minimum absolute atomic E-state index is 0.159. The zero-order valence-corrected chi connectivity index (χ0v) is 15.7. The predicted molar refractivity (Wildman–Crippen MR) is 104 cm³/mol. The van der Waals surface area contributed by atoms with E-state index in [-0.39, 0.29) is 17.1 Å². The van der Waals surface area contributed by atoms with Crippen molar-refractivity contribution in [1.82, 2.24) is 15.2 Å². The van der Waals surface area contributed by atoms with Gasteiger partial charge in [-0.15, -0.1) is 17.4 Å². The summed E-state index contributed by atoms with van der Waals surface area (Å²) in [5.74, 6) is 2.67. The van der Waals surface area contributed by atoms with Crippen LogP contribution in [-0.4, -0.2) is 23.6 Å². The first-order valence-corrected chi connectivity index (χ1v) is 10.1. The third kappa shape index (κ3) is 4.21. The van der Waals surface area contributed by atoms with Crippen LogP contribution in [-0.2, 0) is 9.84 Å². The highest BCUT2D eigenvalue weighted by atomic mass is 32.2. The molecule has 0 radical (unpaired) electrons. The highest BCUT2D eigenvalue weighted by Gasteiger charge is 2.31. The lowest BCUT2D eigenvalue weighted by Crippen LogP contribution is -2.17. The van der Waals surface area contributed by atoms with E-state index in [1.807, 2.05) is 37.3 Å². The van der Waals surface area contributed by atoms with Crippen LogP contribution in [0.1, 0.15) is 29.5 Å². The SMILES string of the molecule is C#CCCC(c1nncc(-c2ccccc2)n1)S(=O)(=O)c1ccc(C)cc1. The number of aryl methyl sites for hydroxylation is 1. The van der Waals surface area contributed by atoms with Crippen LogP contribution in [0.15, 0.2) is 65.7 Å².